The van der Waals surface area contributed by atoms with Crippen molar-refractivity contribution >= 4 is 16.0 Å². The van der Waals surface area contributed by atoms with Crippen molar-refractivity contribution in [2.45, 2.75) is 20.3 Å². The van der Waals surface area contributed by atoms with Crippen LogP contribution in [0.25, 0.3) is 0 Å². The molecule has 1 rings (SSSR count). The van der Waals surface area contributed by atoms with E-state index < -0.39 is 16.0 Å². The molecule has 0 amide bonds. The zero-order chi connectivity index (χ0) is 14.5. The maximum atomic E-state index is 11.6. The fraction of sp³-hybridized carbons (Fsp3) is 0.462. The van der Waals surface area contributed by atoms with E-state index in [4.69, 9.17) is 5.11 Å². The highest BCUT2D eigenvalue weighted by molar-refractivity contribution is 7.89. The summed E-state index contributed by atoms with van der Waals surface area (Å²) in [6.45, 7) is 3.87. The lowest BCUT2D eigenvalue weighted by Crippen LogP contribution is -2.30. The largest absolute Gasteiger partial charge is 0.478 e. The van der Waals surface area contributed by atoms with Gasteiger partial charge in [0, 0.05) is 6.54 Å². The van der Waals surface area contributed by atoms with Crippen LogP contribution in [0, 0.1) is 5.92 Å². The van der Waals surface area contributed by atoms with Gasteiger partial charge in [-0.3, -0.25) is 0 Å². The lowest BCUT2D eigenvalue weighted by Gasteiger charge is -2.09. The molecule has 0 aliphatic heterocycles. The molecule has 0 atom stereocenters. The number of hydrogen-bond acceptors (Lipinski definition) is 3. The summed E-state index contributed by atoms with van der Waals surface area (Å²) in [6, 6.07) is 6.60. The SMILES string of the molecule is CC(C)CS(=O)(=O)NCCc1ccccc1C(=O)O. The number of carboxylic acid groups (broad SMARTS) is 1. The van der Waals surface area contributed by atoms with Gasteiger partial charge in [0.25, 0.3) is 0 Å². The molecular weight excluding hydrogens is 266 g/mol. The van der Waals surface area contributed by atoms with Gasteiger partial charge in [-0.25, -0.2) is 17.9 Å². The number of nitrogens with one attached hydrogen (secondary N) is 1. The highest BCUT2D eigenvalue weighted by atomic mass is 32.2. The summed E-state index contributed by atoms with van der Waals surface area (Å²) < 4.78 is 25.7. The van der Waals surface area contributed by atoms with Crippen LogP contribution < -0.4 is 4.72 Å². The van der Waals surface area contributed by atoms with Crippen LogP contribution in [0.1, 0.15) is 29.8 Å². The number of carbonyl (C=O) groups is 1. The quantitative estimate of drug-likeness (QED) is 0.795. The average molecular weight is 285 g/mol. The molecule has 19 heavy (non-hydrogen) atoms. The van der Waals surface area contributed by atoms with Gasteiger partial charge in [0.15, 0.2) is 0 Å². The van der Waals surface area contributed by atoms with Gasteiger partial charge in [-0.1, -0.05) is 32.0 Å². The van der Waals surface area contributed by atoms with Gasteiger partial charge in [-0.2, -0.15) is 0 Å². The number of aromatic carboxylic acids is 1. The molecule has 106 valence electrons. The Bertz CT molecular complexity index is 537. The first-order valence-corrected chi connectivity index (χ1v) is 7.75. The van der Waals surface area contributed by atoms with Crippen LogP contribution in [-0.2, 0) is 16.4 Å². The number of sulfonamides is 1. The zero-order valence-electron chi connectivity index (χ0n) is 11.1. The molecule has 0 fully saturated rings. The van der Waals surface area contributed by atoms with Gasteiger partial charge in [0.2, 0.25) is 10.0 Å². The highest BCUT2D eigenvalue weighted by Gasteiger charge is 2.13. The third kappa shape index (κ3) is 5.40. The first kappa shape index (κ1) is 15.7. The molecule has 0 bridgehead atoms. The molecular formula is C13H19NO4S. The number of carboxylic acids is 1. The van der Waals surface area contributed by atoms with E-state index in [0.717, 1.165) is 0 Å². The van der Waals surface area contributed by atoms with Crippen LogP contribution in [0.3, 0.4) is 0 Å². The number of benzene rings is 1. The van der Waals surface area contributed by atoms with E-state index in [-0.39, 0.29) is 23.8 Å². The molecule has 0 aliphatic rings. The molecule has 5 nitrogen and oxygen atoms in total. The predicted octanol–water partition coefficient (Wildman–Crippen LogP) is 1.50. The van der Waals surface area contributed by atoms with Crippen molar-refractivity contribution in [3.05, 3.63) is 35.4 Å². The summed E-state index contributed by atoms with van der Waals surface area (Å²) in [7, 11) is -3.28. The van der Waals surface area contributed by atoms with Crippen LogP contribution in [0.15, 0.2) is 24.3 Å². The fourth-order valence-electron chi connectivity index (χ4n) is 1.79. The molecule has 0 spiro atoms. The molecule has 1 aromatic rings. The van der Waals surface area contributed by atoms with Crippen LogP contribution in [0.5, 0.6) is 0 Å². The number of hydrogen-bond donors (Lipinski definition) is 2. The molecule has 6 heteroatoms. The van der Waals surface area contributed by atoms with Crippen molar-refractivity contribution in [3.8, 4) is 0 Å². The second-order valence-corrected chi connectivity index (χ2v) is 6.63. The van der Waals surface area contributed by atoms with Gasteiger partial charge in [0.1, 0.15) is 0 Å². The Morgan fingerprint density at radius 1 is 1.32 bits per heavy atom. The van der Waals surface area contributed by atoms with E-state index >= 15 is 0 Å². The smallest absolute Gasteiger partial charge is 0.335 e. The third-order valence-electron chi connectivity index (χ3n) is 2.52. The minimum Gasteiger partial charge on any atom is -0.478 e. The van der Waals surface area contributed by atoms with Crippen molar-refractivity contribution in [1.29, 1.82) is 0 Å². The van der Waals surface area contributed by atoms with Crippen LogP contribution in [0.4, 0.5) is 0 Å². The Morgan fingerprint density at radius 2 is 1.95 bits per heavy atom. The standard InChI is InChI=1S/C13H19NO4S/c1-10(2)9-19(17,18)14-8-7-11-5-3-4-6-12(11)13(15)16/h3-6,10,14H,7-9H2,1-2H3,(H,15,16). The molecule has 0 heterocycles. The van der Waals surface area contributed by atoms with Crippen molar-refractivity contribution in [3.63, 3.8) is 0 Å². The summed E-state index contributed by atoms with van der Waals surface area (Å²) in [5.41, 5.74) is 0.841. The topological polar surface area (TPSA) is 83.5 Å². The predicted molar refractivity (Wildman–Crippen MR) is 73.7 cm³/mol. The van der Waals surface area contributed by atoms with Crippen molar-refractivity contribution in [2.24, 2.45) is 5.92 Å². The van der Waals surface area contributed by atoms with Crippen LogP contribution in [0.2, 0.25) is 0 Å². The maximum Gasteiger partial charge on any atom is 0.335 e. The summed E-state index contributed by atoms with van der Waals surface area (Å²) in [4.78, 5) is 11.0. The molecule has 0 aliphatic carbocycles. The summed E-state index contributed by atoms with van der Waals surface area (Å²) in [5, 5.41) is 9.01. The second-order valence-electron chi connectivity index (χ2n) is 4.78. The van der Waals surface area contributed by atoms with E-state index in [1.807, 2.05) is 13.8 Å². The van der Waals surface area contributed by atoms with E-state index in [9.17, 15) is 13.2 Å². The Kier molecular flexibility index (Phi) is 5.50. The Labute approximate surface area is 113 Å². The Morgan fingerprint density at radius 3 is 2.53 bits per heavy atom. The van der Waals surface area contributed by atoms with Crippen molar-refractivity contribution < 1.29 is 18.3 Å². The van der Waals surface area contributed by atoms with Crippen LogP contribution >= 0.6 is 0 Å². The Hall–Kier alpha value is -1.40. The first-order valence-electron chi connectivity index (χ1n) is 6.10. The summed E-state index contributed by atoms with van der Waals surface area (Å²) >= 11 is 0. The molecule has 2 N–H and O–H groups in total. The second kappa shape index (κ2) is 6.68. The zero-order valence-corrected chi connectivity index (χ0v) is 11.9. The van der Waals surface area contributed by atoms with E-state index in [0.29, 0.717) is 12.0 Å². The third-order valence-corrected chi connectivity index (χ3v) is 4.27. The normalized spacial score (nSPS) is 11.7. The van der Waals surface area contributed by atoms with Crippen molar-refractivity contribution in [1.82, 2.24) is 4.72 Å². The minimum absolute atomic E-state index is 0.0591. The summed E-state index contributed by atoms with van der Waals surface area (Å²) in [5.74, 6) is -0.863. The molecule has 1 aromatic carbocycles. The number of rotatable bonds is 7. The van der Waals surface area contributed by atoms with Gasteiger partial charge in [0.05, 0.1) is 11.3 Å². The minimum atomic E-state index is -3.28. The molecule has 0 radical (unpaired) electrons. The van der Waals surface area contributed by atoms with E-state index in [1.165, 1.54) is 6.07 Å². The van der Waals surface area contributed by atoms with E-state index in [1.54, 1.807) is 18.2 Å². The fourth-order valence-corrected chi connectivity index (χ4v) is 3.19. The molecule has 0 saturated carbocycles. The molecule has 0 aromatic heterocycles. The molecule has 0 saturated heterocycles. The highest BCUT2D eigenvalue weighted by Crippen LogP contribution is 2.09. The van der Waals surface area contributed by atoms with Gasteiger partial charge >= 0.3 is 5.97 Å². The first-order chi connectivity index (χ1) is 8.82. The van der Waals surface area contributed by atoms with E-state index in [2.05, 4.69) is 4.72 Å². The monoisotopic (exact) mass is 285 g/mol. The van der Waals surface area contributed by atoms with Gasteiger partial charge in [-0.05, 0) is 24.0 Å². The van der Waals surface area contributed by atoms with Crippen molar-refractivity contribution in [2.75, 3.05) is 12.3 Å². The van der Waals surface area contributed by atoms with Crippen LogP contribution in [-0.4, -0.2) is 31.8 Å². The van der Waals surface area contributed by atoms with Gasteiger partial charge in [-0.15, -0.1) is 0 Å². The average Bonchev–Trinajstić information content (AvgIpc) is 2.27. The van der Waals surface area contributed by atoms with Gasteiger partial charge < -0.3 is 5.11 Å². The molecule has 0 unspecified atom stereocenters. The lowest BCUT2D eigenvalue weighted by atomic mass is 10.1. The lowest BCUT2D eigenvalue weighted by molar-refractivity contribution is 0.0695. The maximum absolute atomic E-state index is 11.6. The summed E-state index contributed by atoms with van der Waals surface area (Å²) in [6.07, 6.45) is 0.361. The Balaban J connectivity index is 2.61.